The summed E-state index contributed by atoms with van der Waals surface area (Å²) in [5.74, 6) is -1.63. The molecule has 0 fully saturated rings. The summed E-state index contributed by atoms with van der Waals surface area (Å²) in [6.45, 7) is 2.72. The molecule has 1 aliphatic rings. The third-order valence-electron chi connectivity index (χ3n) is 3.05. The lowest BCUT2D eigenvalue weighted by Crippen LogP contribution is -2.37. The van der Waals surface area contributed by atoms with Gasteiger partial charge in [0.2, 0.25) is 5.91 Å². The van der Waals surface area contributed by atoms with Gasteiger partial charge in [-0.3, -0.25) is 4.79 Å². The van der Waals surface area contributed by atoms with Gasteiger partial charge >= 0.3 is 16.2 Å². The molecular formula is C14H15N3O5S. The van der Waals surface area contributed by atoms with Crippen LogP contribution < -0.4 is 5.32 Å². The monoisotopic (exact) mass is 337 g/mol. The minimum atomic E-state index is -3.91. The minimum Gasteiger partial charge on any atom is -0.478 e. The van der Waals surface area contributed by atoms with Crippen molar-refractivity contribution in [2.24, 2.45) is 4.40 Å². The fourth-order valence-electron chi connectivity index (χ4n) is 2.05. The van der Waals surface area contributed by atoms with E-state index in [1.165, 1.54) is 24.3 Å². The van der Waals surface area contributed by atoms with Crippen LogP contribution in [0.5, 0.6) is 0 Å². The third kappa shape index (κ3) is 3.95. The zero-order valence-electron chi connectivity index (χ0n) is 12.5. The third-order valence-corrected chi connectivity index (χ3v) is 4.54. The standard InChI is InChI=1S/C14H15N3O5S/c1-9-7-10(2)17(23(21,22)16-9)8-13(18)15-12-5-3-11(4-6-12)14(19)20/h3-7H,8H2,1-2H3,(H,15,18)(H,19,20). The molecule has 122 valence electrons. The quantitative estimate of drug-likeness (QED) is 0.857. The van der Waals surface area contributed by atoms with Gasteiger partial charge in [-0.2, -0.15) is 8.42 Å². The van der Waals surface area contributed by atoms with Gasteiger partial charge in [-0.1, -0.05) is 0 Å². The molecule has 1 heterocycles. The number of hydrogen-bond donors (Lipinski definition) is 2. The van der Waals surface area contributed by atoms with E-state index in [1.807, 2.05) is 0 Å². The Kier molecular flexibility index (Phi) is 4.50. The number of allylic oxidation sites excluding steroid dienone is 2. The van der Waals surface area contributed by atoms with Crippen molar-refractivity contribution in [3.63, 3.8) is 0 Å². The fraction of sp³-hybridized carbons (Fsp3) is 0.214. The Morgan fingerprint density at radius 2 is 1.83 bits per heavy atom. The van der Waals surface area contributed by atoms with Crippen LogP contribution in [0.3, 0.4) is 0 Å². The second-order valence-electron chi connectivity index (χ2n) is 4.93. The average Bonchev–Trinajstić information content (AvgIpc) is 2.43. The predicted molar refractivity (Wildman–Crippen MR) is 84.5 cm³/mol. The predicted octanol–water partition coefficient (Wildman–Crippen LogP) is 1.25. The molecule has 1 aromatic carbocycles. The second-order valence-corrected chi connectivity index (χ2v) is 6.45. The number of amides is 1. The molecule has 0 atom stereocenters. The molecule has 1 aliphatic heterocycles. The van der Waals surface area contributed by atoms with E-state index in [0.717, 1.165) is 4.31 Å². The van der Waals surface area contributed by atoms with Crippen molar-refractivity contribution in [3.8, 4) is 0 Å². The van der Waals surface area contributed by atoms with Gasteiger partial charge in [0.05, 0.1) is 11.3 Å². The molecule has 8 nitrogen and oxygen atoms in total. The first-order valence-electron chi connectivity index (χ1n) is 6.60. The summed E-state index contributed by atoms with van der Waals surface area (Å²) in [7, 11) is -3.91. The van der Waals surface area contributed by atoms with Crippen LogP contribution >= 0.6 is 0 Å². The molecule has 9 heteroatoms. The van der Waals surface area contributed by atoms with Gasteiger partial charge in [0.25, 0.3) is 0 Å². The molecule has 0 spiro atoms. The van der Waals surface area contributed by atoms with Crippen LogP contribution in [-0.2, 0) is 15.0 Å². The maximum atomic E-state index is 12.0. The Labute approximate surface area is 133 Å². The number of nitrogens with zero attached hydrogens (tertiary/aromatic N) is 2. The number of carbonyl (C=O) groups excluding carboxylic acids is 1. The zero-order valence-corrected chi connectivity index (χ0v) is 13.3. The van der Waals surface area contributed by atoms with Gasteiger partial charge in [-0.15, -0.1) is 4.40 Å². The number of carboxylic acids is 1. The maximum Gasteiger partial charge on any atom is 0.345 e. The first-order valence-corrected chi connectivity index (χ1v) is 7.99. The molecule has 1 amide bonds. The summed E-state index contributed by atoms with van der Waals surface area (Å²) in [6.07, 6.45) is 1.57. The largest absolute Gasteiger partial charge is 0.478 e. The van der Waals surface area contributed by atoms with Crippen molar-refractivity contribution in [1.29, 1.82) is 0 Å². The van der Waals surface area contributed by atoms with E-state index in [0.29, 0.717) is 17.1 Å². The number of hydrogen-bond acceptors (Lipinski definition) is 4. The molecule has 2 N–H and O–H groups in total. The van der Waals surface area contributed by atoms with Gasteiger partial charge in [-0.25, -0.2) is 9.10 Å². The van der Waals surface area contributed by atoms with E-state index in [9.17, 15) is 18.0 Å². The van der Waals surface area contributed by atoms with Crippen LogP contribution in [0.1, 0.15) is 24.2 Å². The molecule has 0 unspecified atom stereocenters. The van der Waals surface area contributed by atoms with Crippen molar-refractivity contribution < 1.29 is 23.1 Å². The van der Waals surface area contributed by atoms with Crippen LogP contribution in [0, 0.1) is 0 Å². The second kappa shape index (κ2) is 6.21. The van der Waals surface area contributed by atoms with Gasteiger partial charge in [0.15, 0.2) is 0 Å². The van der Waals surface area contributed by atoms with E-state index in [1.54, 1.807) is 19.9 Å². The number of benzene rings is 1. The molecule has 2 rings (SSSR count). The van der Waals surface area contributed by atoms with Crippen molar-refractivity contribution >= 4 is 33.5 Å². The lowest BCUT2D eigenvalue weighted by molar-refractivity contribution is -0.116. The lowest BCUT2D eigenvalue weighted by atomic mass is 10.2. The SMILES string of the molecule is CC1=CC(C)=NS(=O)(=O)N1CC(=O)Nc1ccc(C(=O)O)cc1. The topological polar surface area (TPSA) is 116 Å². The molecule has 0 aromatic heterocycles. The Morgan fingerprint density at radius 3 is 2.35 bits per heavy atom. The molecule has 1 aromatic rings. The molecule has 0 bridgehead atoms. The maximum absolute atomic E-state index is 12.0. The normalized spacial score (nSPS) is 16.3. The van der Waals surface area contributed by atoms with Crippen LogP contribution in [0.4, 0.5) is 5.69 Å². The van der Waals surface area contributed by atoms with E-state index in [2.05, 4.69) is 9.71 Å². The first kappa shape index (κ1) is 16.7. The summed E-state index contributed by atoms with van der Waals surface area (Å²) in [6, 6.07) is 5.54. The summed E-state index contributed by atoms with van der Waals surface area (Å²) in [5.41, 5.74) is 1.21. The summed E-state index contributed by atoms with van der Waals surface area (Å²) >= 11 is 0. The molecule has 23 heavy (non-hydrogen) atoms. The number of nitrogens with one attached hydrogen (secondary N) is 1. The summed E-state index contributed by atoms with van der Waals surface area (Å²) in [5, 5.41) is 11.3. The highest BCUT2D eigenvalue weighted by molar-refractivity contribution is 7.88. The smallest absolute Gasteiger partial charge is 0.345 e. The van der Waals surface area contributed by atoms with Crippen LogP contribution in [0.25, 0.3) is 0 Å². The molecule has 0 saturated heterocycles. The van der Waals surface area contributed by atoms with Crippen LogP contribution in [0.2, 0.25) is 0 Å². The first-order chi connectivity index (χ1) is 10.7. The minimum absolute atomic E-state index is 0.0881. The number of carboxylic acid groups (broad SMARTS) is 1. The summed E-state index contributed by atoms with van der Waals surface area (Å²) in [4.78, 5) is 22.8. The Morgan fingerprint density at radius 1 is 1.22 bits per heavy atom. The molecule has 0 radical (unpaired) electrons. The molecule has 0 saturated carbocycles. The van der Waals surface area contributed by atoms with E-state index in [4.69, 9.17) is 5.11 Å². The number of aromatic carboxylic acids is 1. The van der Waals surface area contributed by atoms with Gasteiger partial charge < -0.3 is 10.4 Å². The highest BCUT2D eigenvalue weighted by atomic mass is 32.2. The Bertz CT molecular complexity index is 809. The number of anilines is 1. The fourth-order valence-corrected chi connectivity index (χ4v) is 3.26. The molecule has 0 aliphatic carbocycles. The van der Waals surface area contributed by atoms with Crippen molar-refractivity contribution in [1.82, 2.24) is 4.31 Å². The van der Waals surface area contributed by atoms with Crippen molar-refractivity contribution in [2.45, 2.75) is 13.8 Å². The van der Waals surface area contributed by atoms with Gasteiger partial charge in [0, 0.05) is 11.4 Å². The highest BCUT2D eigenvalue weighted by Crippen LogP contribution is 2.18. The van der Waals surface area contributed by atoms with Crippen molar-refractivity contribution in [3.05, 3.63) is 41.6 Å². The number of carbonyl (C=O) groups is 2. The lowest BCUT2D eigenvalue weighted by Gasteiger charge is -2.24. The Balaban J connectivity index is 2.08. The van der Waals surface area contributed by atoms with Crippen LogP contribution in [-0.4, -0.2) is 42.0 Å². The molecular weight excluding hydrogens is 322 g/mol. The zero-order chi connectivity index (χ0) is 17.2. The number of rotatable bonds is 4. The highest BCUT2D eigenvalue weighted by Gasteiger charge is 2.27. The van der Waals surface area contributed by atoms with E-state index >= 15 is 0 Å². The van der Waals surface area contributed by atoms with Crippen LogP contribution in [0.15, 0.2) is 40.4 Å². The average molecular weight is 337 g/mol. The van der Waals surface area contributed by atoms with E-state index in [-0.39, 0.29) is 5.56 Å². The van der Waals surface area contributed by atoms with Gasteiger partial charge in [-0.05, 0) is 44.2 Å². The summed E-state index contributed by atoms with van der Waals surface area (Å²) < 4.78 is 28.4. The van der Waals surface area contributed by atoms with E-state index < -0.39 is 28.6 Å². The van der Waals surface area contributed by atoms with Crippen molar-refractivity contribution in [2.75, 3.05) is 11.9 Å². The van der Waals surface area contributed by atoms with Gasteiger partial charge in [0.1, 0.15) is 6.54 Å². The Hall–Kier alpha value is -2.68.